The van der Waals surface area contributed by atoms with E-state index in [0.717, 1.165) is 0 Å². The van der Waals surface area contributed by atoms with Crippen molar-refractivity contribution in [1.29, 1.82) is 0 Å². The van der Waals surface area contributed by atoms with E-state index in [-0.39, 0.29) is 5.76 Å². The molecule has 0 radical (unpaired) electrons. The van der Waals surface area contributed by atoms with Crippen LogP contribution in [-0.4, -0.2) is 10.8 Å². The molecule has 0 aliphatic carbocycles. The van der Waals surface area contributed by atoms with Gasteiger partial charge < -0.3 is 10.4 Å². The minimum absolute atomic E-state index is 0.232. The van der Waals surface area contributed by atoms with E-state index in [4.69, 9.17) is 5.11 Å². The fraction of sp³-hybridized carbons (Fsp3) is 0.125. The van der Waals surface area contributed by atoms with E-state index in [9.17, 15) is 0 Å². The molecule has 3 heteroatoms. The number of nitrogens with one attached hydrogen (secondary N) is 1. The first-order valence-electron chi connectivity index (χ1n) is 3.27. The summed E-state index contributed by atoms with van der Waals surface area (Å²) >= 11 is 0. The highest BCUT2D eigenvalue weighted by Gasteiger charge is 2.10. The fourth-order valence-electron chi connectivity index (χ4n) is 0.857. The molecule has 0 aromatic heterocycles. The third-order valence-electron chi connectivity index (χ3n) is 1.32. The van der Waals surface area contributed by atoms with Gasteiger partial charge in [-0.05, 0) is 13.0 Å². The van der Waals surface area contributed by atoms with Gasteiger partial charge in [0.2, 0.25) is 0 Å². The van der Waals surface area contributed by atoms with Crippen LogP contribution in [0.15, 0.2) is 41.5 Å². The molecule has 0 aromatic carbocycles. The van der Waals surface area contributed by atoms with Gasteiger partial charge in [0.05, 0.1) is 5.71 Å². The molecule has 58 valence electrons. The fourth-order valence-corrected chi connectivity index (χ4v) is 0.857. The molecule has 0 saturated carbocycles. The van der Waals surface area contributed by atoms with Crippen molar-refractivity contribution in [2.75, 3.05) is 0 Å². The van der Waals surface area contributed by atoms with Crippen LogP contribution in [0.1, 0.15) is 6.92 Å². The minimum atomic E-state index is 0.232. The van der Waals surface area contributed by atoms with Crippen molar-refractivity contribution < 1.29 is 5.11 Å². The minimum Gasteiger partial charge on any atom is -0.510 e. The van der Waals surface area contributed by atoms with Crippen molar-refractivity contribution in [2.45, 2.75) is 6.92 Å². The van der Waals surface area contributed by atoms with E-state index in [2.05, 4.69) is 16.9 Å². The lowest BCUT2D eigenvalue weighted by molar-refractivity contribution is 0.408. The second-order valence-electron chi connectivity index (χ2n) is 2.13. The van der Waals surface area contributed by atoms with Crippen LogP contribution in [0.5, 0.6) is 0 Å². The van der Waals surface area contributed by atoms with Crippen molar-refractivity contribution in [2.24, 2.45) is 4.99 Å². The van der Waals surface area contributed by atoms with Gasteiger partial charge in [0.15, 0.2) is 0 Å². The first-order chi connectivity index (χ1) is 5.25. The SMILES string of the molecule is C=C/N=C1/C=CN/C1=C(/C)O. The molecule has 0 aromatic rings. The number of aliphatic hydroxyl groups is 1. The first kappa shape index (κ1) is 7.60. The highest BCUT2D eigenvalue weighted by Crippen LogP contribution is 2.07. The Hall–Kier alpha value is -1.51. The predicted molar refractivity (Wildman–Crippen MR) is 45.2 cm³/mol. The Bertz CT molecular complexity index is 257. The predicted octanol–water partition coefficient (Wildman–Crippen LogP) is 1.48. The largest absolute Gasteiger partial charge is 0.510 e. The Morgan fingerprint density at radius 3 is 3.09 bits per heavy atom. The molecular weight excluding hydrogens is 140 g/mol. The van der Waals surface area contributed by atoms with Gasteiger partial charge in [-0.3, -0.25) is 4.99 Å². The van der Waals surface area contributed by atoms with Crippen molar-refractivity contribution >= 4 is 5.71 Å². The summed E-state index contributed by atoms with van der Waals surface area (Å²) in [6.07, 6.45) is 4.93. The Kier molecular flexibility index (Phi) is 2.11. The van der Waals surface area contributed by atoms with Gasteiger partial charge in [-0.1, -0.05) is 6.58 Å². The van der Waals surface area contributed by atoms with Crippen LogP contribution in [0.4, 0.5) is 0 Å². The number of rotatable bonds is 1. The van der Waals surface area contributed by atoms with Crippen LogP contribution in [0, 0.1) is 0 Å². The highest BCUT2D eigenvalue weighted by atomic mass is 16.3. The van der Waals surface area contributed by atoms with E-state index >= 15 is 0 Å². The van der Waals surface area contributed by atoms with Crippen molar-refractivity contribution in [3.63, 3.8) is 0 Å². The van der Waals surface area contributed by atoms with E-state index in [1.54, 1.807) is 19.2 Å². The lowest BCUT2D eigenvalue weighted by Gasteiger charge is -2.00. The maximum Gasteiger partial charge on any atom is 0.115 e. The molecular formula is C8H10N2O. The standard InChI is InChI=1S/C8H10N2O/c1-3-9-7-4-5-10-8(7)6(2)11/h3-5,10-11H,1H2,2H3/b8-6-,9-7-. The summed E-state index contributed by atoms with van der Waals surface area (Å²) < 4.78 is 0. The quantitative estimate of drug-likeness (QED) is 0.556. The second-order valence-corrected chi connectivity index (χ2v) is 2.13. The second kappa shape index (κ2) is 3.05. The third kappa shape index (κ3) is 1.49. The molecule has 1 heterocycles. The highest BCUT2D eigenvalue weighted by molar-refractivity contribution is 6.10. The van der Waals surface area contributed by atoms with Crippen molar-refractivity contribution in [3.05, 3.63) is 36.5 Å². The molecule has 0 bridgehead atoms. The Labute approximate surface area is 65.5 Å². The Balaban J connectivity index is 2.97. The van der Waals surface area contributed by atoms with Gasteiger partial charge >= 0.3 is 0 Å². The maximum atomic E-state index is 9.11. The summed E-state index contributed by atoms with van der Waals surface area (Å²) in [6.45, 7) is 5.07. The summed E-state index contributed by atoms with van der Waals surface area (Å²) in [7, 11) is 0. The van der Waals surface area contributed by atoms with Crippen LogP contribution in [0.3, 0.4) is 0 Å². The monoisotopic (exact) mass is 150 g/mol. The summed E-state index contributed by atoms with van der Waals surface area (Å²) in [5.41, 5.74) is 1.35. The normalized spacial score (nSPS) is 23.5. The molecule has 0 amide bonds. The molecule has 0 spiro atoms. The van der Waals surface area contributed by atoms with Crippen molar-refractivity contribution in [3.8, 4) is 0 Å². The van der Waals surface area contributed by atoms with Gasteiger partial charge in [-0.2, -0.15) is 0 Å². The zero-order valence-corrected chi connectivity index (χ0v) is 6.33. The Morgan fingerprint density at radius 1 is 1.82 bits per heavy atom. The number of allylic oxidation sites excluding steroid dienone is 2. The average molecular weight is 150 g/mol. The number of hydrogen-bond donors (Lipinski definition) is 2. The molecule has 0 unspecified atom stereocenters. The molecule has 0 fully saturated rings. The molecule has 3 nitrogen and oxygen atoms in total. The smallest absolute Gasteiger partial charge is 0.115 e. The molecule has 1 aliphatic heterocycles. The van der Waals surface area contributed by atoms with E-state index in [1.807, 2.05) is 0 Å². The number of aliphatic imine (C=N–C) groups is 1. The summed E-state index contributed by atoms with van der Waals surface area (Å²) in [4.78, 5) is 3.94. The van der Waals surface area contributed by atoms with E-state index in [1.165, 1.54) is 6.20 Å². The molecule has 2 N–H and O–H groups in total. The lowest BCUT2D eigenvalue weighted by atomic mass is 10.3. The van der Waals surface area contributed by atoms with Gasteiger partial charge in [0, 0.05) is 12.4 Å². The van der Waals surface area contributed by atoms with E-state index < -0.39 is 0 Å². The van der Waals surface area contributed by atoms with Gasteiger partial charge in [0.1, 0.15) is 11.5 Å². The zero-order valence-electron chi connectivity index (χ0n) is 6.33. The van der Waals surface area contributed by atoms with Crippen LogP contribution in [0.25, 0.3) is 0 Å². The first-order valence-corrected chi connectivity index (χ1v) is 3.27. The summed E-state index contributed by atoms with van der Waals surface area (Å²) in [5, 5.41) is 12.0. The number of hydrogen-bond acceptors (Lipinski definition) is 3. The maximum absolute atomic E-state index is 9.11. The van der Waals surface area contributed by atoms with Crippen LogP contribution in [0.2, 0.25) is 0 Å². The van der Waals surface area contributed by atoms with Gasteiger partial charge in [0.25, 0.3) is 0 Å². The summed E-state index contributed by atoms with van der Waals surface area (Å²) in [6, 6.07) is 0. The molecule has 0 saturated heterocycles. The van der Waals surface area contributed by atoms with Crippen LogP contribution >= 0.6 is 0 Å². The van der Waals surface area contributed by atoms with Gasteiger partial charge in [-0.25, -0.2) is 0 Å². The zero-order chi connectivity index (χ0) is 8.27. The molecule has 1 aliphatic rings. The number of nitrogens with zero attached hydrogens (tertiary/aromatic N) is 1. The van der Waals surface area contributed by atoms with Crippen LogP contribution < -0.4 is 5.32 Å². The number of aliphatic hydroxyl groups excluding tert-OH is 1. The molecule has 11 heavy (non-hydrogen) atoms. The topological polar surface area (TPSA) is 44.6 Å². The Morgan fingerprint density at radius 2 is 2.55 bits per heavy atom. The molecule has 1 rings (SSSR count). The van der Waals surface area contributed by atoms with Gasteiger partial charge in [-0.15, -0.1) is 0 Å². The average Bonchev–Trinajstić information content (AvgIpc) is 2.36. The summed E-state index contributed by atoms with van der Waals surface area (Å²) in [5.74, 6) is 0.232. The van der Waals surface area contributed by atoms with Crippen molar-refractivity contribution in [1.82, 2.24) is 5.32 Å². The molecule has 0 atom stereocenters. The van der Waals surface area contributed by atoms with E-state index in [0.29, 0.717) is 11.4 Å². The van der Waals surface area contributed by atoms with Crippen LogP contribution in [-0.2, 0) is 0 Å². The third-order valence-corrected chi connectivity index (χ3v) is 1.32. The lowest BCUT2D eigenvalue weighted by Crippen LogP contribution is -2.08.